The molecule has 0 radical (unpaired) electrons. The maximum atomic E-state index is 12.7. The molecule has 1 unspecified atom stereocenters. The van der Waals surface area contributed by atoms with Gasteiger partial charge in [0.15, 0.2) is 0 Å². The van der Waals surface area contributed by atoms with E-state index in [-0.39, 0.29) is 30.9 Å². The average molecular weight is 398 g/mol. The highest BCUT2D eigenvalue weighted by molar-refractivity contribution is 5.94. The van der Waals surface area contributed by atoms with Gasteiger partial charge < -0.3 is 15.0 Å². The highest BCUT2D eigenvalue weighted by Crippen LogP contribution is 2.23. The van der Waals surface area contributed by atoms with Gasteiger partial charge in [-0.2, -0.15) is 0 Å². The van der Waals surface area contributed by atoms with Crippen molar-refractivity contribution in [2.75, 3.05) is 39.1 Å². The summed E-state index contributed by atoms with van der Waals surface area (Å²) < 4.78 is 5.30. The number of hydrogen-bond donors (Lipinski definition) is 1. The fourth-order valence-electron chi connectivity index (χ4n) is 3.07. The molecule has 2 aromatic carbocycles. The molecular weight excluding hydrogens is 366 g/mol. The van der Waals surface area contributed by atoms with Crippen LogP contribution in [-0.2, 0) is 9.59 Å². The van der Waals surface area contributed by atoms with Crippen LogP contribution in [0.1, 0.15) is 31.0 Å². The van der Waals surface area contributed by atoms with Crippen LogP contribution in [0.25, 0.3) is 0 Å². The Labute approximate surface area is 173 Å². The molecule has 0 aliphatic carbocycles. The highest BCUT2D eigenvalue weighted by atomic mass is 16.5. The van der Waals surface area contributed by atoms with Crippen molar-refractivity contribution in [3.8, 4) is 5.75 Å². The van der Waals surface area contributed by atoms with E-state index in [1.165, 1.54) is 4.90 Å². The molecule has 0 fully saturated rings. The fourth-order valence-corrected chi connectivity index (χ4v) is 3.07. The van der Waals surface area contributed by atoms with Gasteiger partial charge in [0.25, 0.3) is 0 Å². The van der Waals surface area contributed by atoms with Crippen molar-refractivity contribution in [1.82, 2.24) is 9.80 Å². The number of hydrogen-bond acceptors (Lipinski definition) is 4. The minimum absolute atomic E-state index is 0.0117. The Morgan fingerprint density at radius 2 is 1.79 bits per heavy atom. The van der Waals surface area contributed by atoms with Crippen LogP contribution in [0.5, 0.6) is 5.75 Å². The third kappa shape index (κ3) is 6.61. The molecule has 0 spiro atoms. The second-order valence-electron chi connectivity index (χ2n) is 7.18. The number of nitrogens with zero attached hydrogens (tertiary/aromatic N) is 2. The summed E-state index contributed by atoms with van der Waals surface area (Å²) in [6.07, 6.45) is 0. The molecule has 0 heterocycles. The van der Waals surface area contributed by atoms with Crippen LogP contribution < -0.4 is 10.1 Å². The van der Waals surface area contributed by atoms with E-state index in [0.29, 0.717) is 6.54 Å². The molecule has 0 bridgehead atoms. The summed E-state index contributed by atoms with van der Waals surface area (Å²) in [6, 6.07) is 15.5. The molecular formula is C23H31N3O3. The zero-order chi connectivity index (χ0) is 21.4. The third-order valence-corrected chi connectivity index (χ3v) is 5.01. The smallest absolute Gasteiger partial charge is 0.243 e. The van der Waals surface area contributed by atoms with E-state index in [1.807, 2.05) is 62.4 Å². The number of amides is 2. The van der Waals surface area contributed by atoms with E-state index >= 15 is 0 Å². The fraction of sp³-hybridized carbons (Fsp3) is 0.391. The van der Waals surface area contributed by atoms with Crippen molar-refractivity contribution in [2.45, 2.75) is 26.8 Å². The molecule has 1 atom stereocenters. The number of rotatable bonds is 9. The summed E-state index contributed by atoms with van der Waals surface area (Å²) in [6.45, 7) is 7.04. The maximum Gasteiger partial charge on any atom is 0.243 e. The zero-order valence-electron chi connectivity index (χ0n) is 17.9. The molecule has 2 amide bonds. The number of carbonyl (C=O) groups is 2. The van der Waals surface area contributed by atoms with Crippen molar-refractivity contribution < 1.29 is 14.3 Å². The van der Waals surface area contributed by atoms with E-state index in [1.54, 1.807) is 14.2 Å². The van der Waals surface area contributed by atoms with Gasteiger partial charge in [0.05, 0.1) is 20.2 Å². The molecule has 6 heteroatoms. The van der Waals surface area contributed by atoms with Gasteiger partial charge in [-0.15, -0.1) is 0 Å². The van der Waals surface area contributed by atoms with Gasteiger partial charge in [-0.3, -0.25) is 14.5 Å². The normalized spacial score (nSPS) is 11.8. The number of likely N-dealkylation sites (N-methyl/N-ethyl adjacent to an activating group) is 2. The third-order valence-electron chi connectivity index (χ3n) is 5.01. The molecule has 0 aliphatic heterocycles. The second kappa shape index (κ2) is 10.6. The Hall–Kier alpha value is -2.86. The first-order chi connectivity index (χ1) is 13.8. The molecule has 0 aromatic heterocycles. The monoisotopic (exact) mass is 397 g/mol. The van der Waals surface area contributed by atoms with Gasteiger partial charge in [-0.25, -0.2) is 0 Å². The molecule has 29 heavy (non-hydrogen) atoms. The van der Waals surface area contributed by atoms with Crippen LogP contribution in [0.15, 0.2) is 48.5 Å². The second-order valence-corrected chi connectivity index (χ2v) is 7.18. The lowest BCUT2D eigenvalue weighted by Crippen LogP contribution is -2.42. The van der Waals surface area contributed by atoms with Crippen LogP contribution in [-0.4, -0.2) is 55.4 Å². The van der Waals surface area contributed by atoms with Gasteiger partial charge in [-0.1, -0.05) is 36.8 Å². The van der Waals surface area contributed by atoms with Gasteiger partial charge in [-0.05, 0) is 50.2 Å². The number of benzene rings is 2. The summed E-state index contributed by atoms with van der Waals surface area (Å²) >= 11 is 0. The average Bonchev–Trinajstić information content (AvgIpc) is 2.72. The number of anilines is 1. The lowest BCUT2D eigenvalue weighted by molar-refractivity contribution is -0.134. The predicted molar refractivity (Wildman–Crippen MR) is 116 cm³/mol. The SMILES string of the molecule is CCN(CC(=O)N(C)CC(=O)Nc1ccc(C)cc1)C(C)c1cccc(OC)c1. The van der Waals surface area contributed by atoms with Crippen LogP contribution in [0.2, 0.25) is 0 Å². The Balaban J connectivity index is 1.93. The van der Waals surface area contributed by atoms with E-state index in [2.05, 4.69) is 17.1 Å². The minimum Gasteiger partial charge on any atom is -0.497 e. The van der Waals surface area contributed by atoms with Crippen LogP contribution in [0, 0.1) is 6.92 Å². The first kappa shape index (κ1) is 22.4. The minimum atomic E-state index is -0.214. The van der Waals surface area contributed by atoms with Crippen molar-refractivity contribution in [3.05, 3.63) is 59.7 Å². The largest absolute Gasteiger partial charge is 0.497 e. The van der Waals surface area contributed by atoms with E-state index in [0.717, 1.165) is 22.6 Å². The van der Waals surface area contributed by atoms with E-state index in [4.69, 9.17) is 4.74 Å². The number of methoxy groups -OCH3 is 1. The van der Waals surface area contributed by atoms with Gasteiger partial charge >= 0.3 is 0 Å². The van der Waals surface area contributed by atoms with E-state index in [9.17, 15) is 9.59 Å². The zero-order valence-corrected chi connectivity index (χ0v) is 17.9. The number of ether oxygens (including phenoxy) is 1. The Kier molecular flexibility index (Phi) is 8.21. The predicted octanol–water partition coefficient (Wildman–Crippen LogP) is 3.48. The molecule has 6 nitrogen and oxygen atoms in total. The summed E-state index contributed by atoms with van der Waals surface area (Å²) in [5.41, 5.74) is 2.93. The number of aryl methyl sites for hydroxylation is 1. The summed E-state index contributed by atoms with van der Waals surface area (Å²) in [4.78, 5) is 28.5. The quantitative estimate of drug-likeness (QED) is 0.704. The van der Waals surface area contributed by atoms with Gasteiger partial charge in [0.2, 0.25) is 11.8 Å². The molecule has 156 valence electrons. The van der Waals surface area contributed by atoms with Gasteiger partial charge in [0, 0.05) is 18.8 Å². The molecule has 0 saturated carbocycles. The Bertz CT molecular complexity index is 820. The standard InChI is InChI=1S/C23H31N3O3/c1-6-26(18(3)19-8-7-9-21(14-19)29-5)16-23(28)25(4)15-22(27)24-20-12-10-17(2)11-13-20/h7-14,18H,6,15-16H2,1-5H3,(H,24,27). The van der Waals surface area contributed by atoms with Crippen LogP contribution >= 0.6 is 0 Å². The topological polar surface area (TPSA) is 61.9 Å². The summed E-state index contributed by atoms with van der Waals surface area (Å²) in [7, 11) is 3.29. The highest BCUT2D eigenvalue weighted by Gasteiger charge is 2.21. The number of nitrogens with one attached hydrogen (secondary N) is 1. The first-order valence-electron chi connectivity index (χ1n) is 9.82. The molecule has 2 rings (SSSR count). The van der Waals surface area contributed by atoms with Crippen LogP contribution in [0.3, 0.4) is 0 Å². The van der Waals surface area contributed by atoms with Crippen molar-refractivity contribution >= 4 is 17.5 Å². The van der Waals surface area contributed by atoms with Crippen LogP contribution in [0.4, 0.5) is 5.69 Å². The molecule has 2 aromatic rings. The van der Waals surface area contributed by atoms with E-state index < -0.39 is 0 Å². The summed E-state index contributed by atoms with van der Waals surface area (Å²) in [5, 5.41) is 2.82. The number of carbonyl (C=O) groups excluding carboxylic acids is 2. The van der Waals surface area contributed by atoms with Crippen molar-refractivity contribution in [2.24, 2.45) is 0 Å². The Morgan fingerprint density at radius 1 is 1.10 bits per heavy atom. The first-order valence-corrected chi connectivity index (χ1v) is 9.82. The molecule has 0 saturated heterocycles. The Morgan fingerprint density at radius 3 is 2.41 bits per heavy atom. The van der Waals surface area contributed by atoms with Crippen molar-refractivity contribution in [3.63, 3.8) is 0 Å². The molecule has 0 aliphatic rings. The lowest BCUT2D eigenvalue weighted by atomic mass is 10.1. The lowest BCUT2D eigenvalue weighted by Gasteiger charge is -2.29. The van der Waals surface area contributed by atoms with Gasteiger partial charge in [0.1, 0.15) is 5.75 Å². The maximum absolute atomic E-state index is 12.7. The van der Waals surface area contributed by atoms with Crippen molar-refractivity contribution in [1.29, 1.82) is 0 Å². The summed E-state index contributed by atoms with van der Waals surface area (Å²) in [5.74, 6) is 0.482. The molecule has 1 N–H and O–H groups in total.